The number of nitrogen functional groups attached to an aromatic ring is 1. The van der Waals surface area contributed by atoms with E-state index >= 15 is 0 Å². The summed E-state index contributed by atoms with van der Waals surface area (Å²) in [6.45, 7) is 0. The highest BCUT2D eigenvalue weighted by molar-refractivity contribution is 9.11. The maximum atomic E-state index is 5.80. The summed E-state index contributed by atoms with van der Waals surface area (Å²) in [6.07, 6.45) is 0. The summed E-state index contributed by atoms with van der Waals surface area (Å²) in [7, 11) is 0. The van der Waals surface area contributed by atoms with Crippen LogP contribution in [0.1, 0.15) is 0 Å². The van der Waals surface area contributed by atoms with Gasteiger partial charge >= 0.3 is 0 Å². The van der Waals surface area contributed by atoms with E-state index < -0.39 is 0 Å². The zero-order valence-electron chi connectivity index (χ0n) is 9.43. The zero-order chi connectivity index (χ0) is 13.4. The summed E-state index contributed by atoms with van der Waals surface area (Å²) >= 11 is 6.82. The maximum Gasteiger partial charge on any atom is 0.179 e. The minimum absolute atomic E-state index is 0.491. The van der Waals surface area contributed by atoms with Crippen molar-refractivity contribution in [2.45, 2.75) is 0 Å². The molecule has 0 aliphatic heterocycles. The summed E-state index contributed by atoms with van der Waals surface area (Å²) in [5.74, 6) is 1.20. The van der Waals surface area contributed by atoms with Gasteiger partial charge < -0.3 is 10.5 Å². The summed E-state index contributed by atoms with van der Waals surface area (Å²) in [6, 6.07) is 9.05. The molecule has 0 amide bonds. The molecule has 0 spiro atoms. The molecule has 0 fully saturated rings. The van der Waals surface area contributed by atoms with E-state index in [0.29, 0.717) is 28.2 Å². The van der Waals surface area contributed by atoms with E-state index in [1.165, 1.54) is 0 Å². The number of nitrogens with zero attached hydrogens (tertiary/aromatic N) is 2. The van der Waals surface area contributed by atoms with Crippen molar-refractivity contribution in [2.24, 2.45) is 0 Å². The second kappa shape index (κ2) is 4.82. The van der Waals surface area contributed by atoms with Gasteiger partial charge in [0.05, 0.1) is 10.2 Å². The Labute approximate surface area is 124 Å². The fourth-order valence-corrected chi connectivity index (χ4v) is 2.75. The molecule has 96 valence electrons. The fraction of sp³-hybridized carbons (Fsp3) is 0. The molecular weight excluding hydrogens is 378 g/mol. The van der Waals surface area contributed by atoms with Crippen molar-refractivity contribution in [1.82, 2.24) is 10.3 Å². The average Bonchev–Trinajstić information content (AvgIpc) is 2.86. The highest BCUT2D eigenvalue weighted by atomic mass is 79.9. The van der Waals surface area contributed by atoms with Crippen LogP contribution in [0.5, 0.6) is 11.5 Å². The molecule has 3 aromatic rings. The summed E-state index contributed by atoms with van der Waals surface area (Å²) < 4.78 is 12.3. The molecule has 0 saturated heterocycles. The van der Waals surface area contributed by atoms with Gasteiger partial charge in [-0.05, 0) is 56.6 Å². The van der Waals surface area contributed by atoms with Gasteiger partial charge in [0, 0.05) is 4.47 Å². The Hall–Kier alpha value is -1.60. The lowest BCUT2D eigenvalue weighted by atomic mass is 10.2. The Bertz CT molecular complexity index is 758. The van der Waals surface area contributed by atoms with Gasteiger partial charge in [-0.1, -0.05) is 15.9 Å². The molecule has 1 heterocycles. The van der Waals surface area contributed by atoms with Crippen molar-refractivity contribution < 1.29 is 9.37 Å². The van der Waals surface area contributed by atoms with Gasteiger partial charge in [0.25, 0.3) is 0 Å². The highest BCUT2D eigenvalue weighted by Crippen LogP contribution is 2.35. The largest absolute Gasteiger partial charge is 0.454 e. The first-order valence-electron chi connectivity index (χ1n) is 5.29. The third-order valence-electron chi connectivity index (χ3n) is 2.52. The second-order valence-electron chi connectivity index (χ2n) is 3.79. The highest BCUT2D eigenvalue weighted by Gasteiger charge is 2.13. The first kappa shape index (κ1) is 12.4. The van der Waals surface area contributed by atoms with Gasteiger partial charge in [-0.2, -0.15) is 0 Å². The lowest BCUT2D eigenvalue weighted by Crippen LogP contribution is -1.91. The molecular formula is C12H7Br2N3O2. The normalized spacial score (nSPS) is 10.8. The number of hydrogen-bond donors (Lipinski definition) is 1. The molecule has 0 atom stereocenters. The van der Waals surface area contributed by atoms with Crippen LogP contribution in [0.4, 0.5) is 5.69 Å². The van der Waals surface area contributed by atoms with Crippen molar-refractivity contribution in [3.05, 3.63) is 39.3 Å². The van der Waals surface area contributed by atoms with E-state index in [2.05, 4.69) is 42.2 Å². The van der Waals surface area contributed by atoms with E-state index in [9.17, 15) is 0 Å². The maximum absolute atomic E-state index is 5.80. The standard InChI is InChI=1S/C12H7Br2N3O2/c13-6-1-3-9(7(14)5-6)18-10-4-2-8(15)11-12(10)17-19-16-11/h1-5H,15H2. The Balaban J connectivity index is 2.06. The van der Waals surface area contributed by atoms with Crippen LogP contribution in [-0.4, -0.2) is 10.3 Å². The van der Waals surface area contributed by atoms with Gasteiger partial charge in [0.15, 0.2) is 16.8 Å². The van der Waals surface area contributed by atoms with Gasteiger partial charge in [-0.15, -0.1) is 0 Å². The lowest BCUT2D eigenvalue weighted by molar-refractivity contribution is 0.314. The molecule has 0 radical (unpaired) electrons. The minimum Gasteiger partial charge on any atom is -0.454 e. The predicted octanol–water partition coefficient (Wildman–Crippen LogP) is 4.12. The summed E-state index contributed by atoms with van der Waals surface area (Å²) in [5.41, 5.74) is 7.26. The third-order valence-corrected chi connectivity index (χ3v) is 3.64. The van der Waals surface area contributed by atoms with Crippen LogP contribution in [0.3, 0.4) is 0 Å². The molecule has 5 nitrogen and oxygen atoms in total. The SMILES string of the molecule is Nc1ccc(Oc2ccc(Br)cc2Br)c2nonc12. The van der Waals surface area contributed by atoms with Gasteiger partial charge in [0.1, 0.15) is 5.75 Å². The van der Waals surface area contributed by atoms with E-state index in [1.54, 1.807) is 12.1 Å². The number of halogens is 2. The molecule has 7 heteroatoms. The lowest BCUT2D eigenvalue weighted by Gasteiger charge is -2.08. The van der Waals surface area contributed by atoms with E-state index in [4.69, 9.17) is 15.1 Å². The number of anilines is 1. The Morgan fingerprint density at radius 1 is 1.00 bits per heavy atom. The number of rotatable bonds is 2. The van der Waals surface area contributed by atoms with Crippen LogP contribution in [0, 0.1) is 0 Å². The zero-order valence-corrected chi connectivity index (χ0v) is 12.6. The molecule has 0 bridgehead atoms. The van der Waals surface area contributed by atoms with E-state index in [1.807, 2.05) is 18.2 Å². The molecule has 2 aromatic carbocycles. The molecule has 3 rings (SSSR count). The number of nitrogens with two attached hydrogens (primary N) is 1. The van der Waals surface area contributed by atoms with Crippen molar-refractivity contribution in [1.29, 1.82) is 0 Å². The Kier molecular flexibility index (Phi) is 3.16. The second-order valence-corrected chi connectivity index (χ2v) is 5.56. The number of benzene rings is 2. The minimum atomic E-state index is 0.491. The molecule has 0 saturated carbocycles. The Morgan fingerprint density at radius 2 is 1.74 bits per heavy atom. The molecule has 1 aromatic heterocycles. The van der Waals surface area contributed by atoms with Crippen LogP contribution in [0.2, 0.25) is 0 Å². The first-order chi connectivity index (χ1) is 9.15. The average molecular weight is 385 g/mol. The number of aromatic nitrogens is 2. The summed E-state index contributed by atoms with van der Waals surface area (Å²) in [5, 5.41) is 7.55. The predicted molar refractivity (Wildman–Crippen MR) is 78.1 cm³/mol. The number of fused-ring (bicyclic) bond motifs is 1. The molecule has 0 aliphatic rings. The van der Waals surface area contributed by atoms with Crippen molar-refractivity contribution >= 4 is 48.6 Å². The summed E-state index contributed by atoms with van der Waals surface area (Å²) in [4.78, 5) is 0. The van der Waals surface area contributed by atoms with Gasteiger partial charge in [-0.3, -0.25) is 0 Å². The topological polar surface area (TPSA) is 74.2 Å². The number of hydrogen-bond acceptors (Lipinski definition) is 5. The Morgan fingerprint density at radius 3 is 2.53 bits per heavy atom. The van der Waals surface area contributed by atoms with Crippen LogP contribution in [-0.2, 0) is 0 Å². The van der Waals surface area contributed by atoms with Gasteiger partial charge in [-0.25, -0.2) is 4.63 Å². The van der Waals surface area contributed by atoms with E-state index in [0.717, 1.165) is 8.95 Å². The first-order valence-corrected chi connectivity index (χ1v) is 6.87. The van der Waals surface area contributed by atoms with Crippen LogP contribution in [0.25, 0.3) is 11.0 Å². The monoisotopic (exact) mass is 383 g/mol. The van der Waals surface area contributed by atoms with Crippen LogP contribution in [0.15, 0.2) is 43.9 Å². The van der Waals surface area contributed by atoms with Crippen molar-refractivity contribution in [3.8, 4) is 11.5 Å². The van der Waals surface area contributed by atoms with E-state index in [-0.39, 0.29) is 0 Å². The third kappa shape index (κ3) is 2.31. The molecule has 0 aliphatic carbocycles. The smallest absolute Gasteiger partial charge is 0.179 e. The number of ether oxygens (including phenoxy) is 1. The molecule has 2 N–H and O–H groups in total. The molecule has 0 unspecified atom stereocenters. The van der Waals surface area contributed by atoms with Crippen LogP contribution >= 0.6 is 31.9 Å². The van der Waals surface area contributed by atoms with Crippen molar-refractivity contribution in [2.75, 3.05) is 5.73 Å². The molecule has 19 heavy (non-hydrogen) atoms. The quantitative estimate of drug-likeness (QED) is 0.672. The van der Waals surface area contributed by atoms with Crippen LogP contribution < -0.4 is 10.5 Å². The van der Waals surface area contributed by atoms with Gasteiger partial charge in [0.2, 0.25) is 0 Å². The van der Waals surface area contributed by atoms with Crippen molar-refractivity contribution in [3.63, 3.8) is 0 Å². The fourth-order valence-electron chi connectivity index (χ4n) is 1.62.